The summed E-state index contributed by atoms with van der Waals surface area (Å²) in [5.74, 6) is -0.120. The first-order valence-electron chi connectivity index (χ1n) is 7.92. The van der Waals surface area contributed by atoms with Crippen LogP contribution >= 0.6 is 0 Å². The first-order valence-corrected chi connectivity index (χ1v) is 7.92. The van der Waals surface area contributed by atoms with Gasteiger partial charge in [0.05, 0.1) is 6.04 Å². The largest absolute Gasteiger partial charge is 0.314 e. The number of hydrogen-bond acceptors (Lipinski definition) is 2. The van der Waals surface area contributed by atoms with Crippen LogP contribution < -0.4 is 5.32 Å². The number of rotatable bonds is 3. The highest BCUT2D eigenvalue weighted by atomic mass is 19.1. The minimum Gasteiger partial charge on any atom is -0.314 e. The minimum atomic E-state index is -0.120. The Balaban J connectivity index is 2.07. The van der Waals surface area contributed by atoms with Gasteiger partial charge in [-0.3, -0.25) is 4.90 Å². The van der Waals surface area contributed by atoms with Gasteiger partial charge >= 0.3 is 0 Å². The van der Waals surface area contributed by atoms with Crippen molar-refractivity contribution in [2.24, 2.45) is 0 Å². The van der Waals surface area contributed by atoms with E-state index in [1.807, 2.05) is 12.1 Å². The number of hydrogen-bond donors (Lipinski definition) is 1. The lowest BCUT2D eigenvalue weighted by atomic mass is 9.93. The first kappa shape index (κ1) is 15.2. The van der Waals surface area contributed by atoms with E-state index in [0.29, 0.717) is 0 Å². The molecule has 0 bridgehead atoms. The van der Waals surface area contributed by atoms with Gasteiger partial charge < -0.3 is 5.32 Å². The molecule has 1 N–H and O–H groups in total. The Morgan fingerprint density at radius 3 is 2.27 bits per heavy atom. The molecular weight excluding hydrogens is 275 g/mol. The molecule has 1 saturated heterocycles. The molecule has 1 atom stereocenters. The SMILES string of the molecule is Cc1cc(C)cc(C(c2ccccc2F)N2CCNCC2)c1. The summed E-state index contributed by atoms with van der Waals surface area (Å²) >= 11 is 0. The maximum absolute atomic E-state index is 14.4. The highest BCUT2D eigenvalue weighted by Crippen LogP contribution is 2.31. The number of nitrogens with zero attached hydrogens (tertiary/aromatic N) is 1. The molecule has 3 rings (SSSR count). The number of nitrogens with one attached hydrogen (secondary N) is 1. The fraction of sp³-hybridized carbons (Fsp3) is 0.368. The van der Waals surface area contributed by atoms with Crippen LogP contribution in [0.4, 0.5) is 4.39 Å². The molecule has 1 aliphatic rings. The predicted octanol–water partition coefficient (Wildman–Crippen LogP) is 3.44. The Morgan fingerprint density at radius 2 is 1.64 bits per heavy atom. The van der Waals surface area contributed by atoms with E-state index in [4.69, 9.17) is 0 Å². The van der Waals surface area contributed by atoms with Crippen LogP contribution in [-0.4, -0.2) is 31.1 Å². The van der Waals surface area contributed by atoms with E-state index in [2.05, 4.69) is 42.3 Å². The molecule has 0 saturated carbocycles. The lowest BCUT2D eigenvalue weighted by Gasteiger charge is -2.36. The molecular formula is C19H23FN2. The van der Waals surface area contributed by atoms with Gasteiger partial charge in [0.2, 0.25) is 0 Å². The van der Waals surface area contributed by atoms with Crippen LogP contribution in [0.25, 0.3) is 0 Å². The quantitative estimate of drug-likeness (QED) is 0.934. The summed E-state index contributed by atoms with van der Waals surface area (Å²) in [6, 6.07) is 13.7. The third-order valence-corrected chi connectivity index (χ3v) is 4.28. The summed E-state index contributed by atoms with van der Waals surface area (Å²) < 4.78 is 14.4. The fourth-order valence-corrected chi connectivity index (χ4v) is 3.39. The molecule has 1 fully saturated rings. The molecule has 0 amide bonds. The van der Waals surface area contributed by atoms with Crippen molar-refractivity contribution in [1.29, 1.82) is 0 Å². The predicted molar refractivity (Wildman–Crippen MR) is 88.6 cm³/mol. The summed E-state index contributed by atoms with van der Waals surface area (Å²) in [5, 5.41) is 3.37. The molecule has 3 heteroatoms. The Labute approximate surface area is 132 Å². The molecule has 0 aliphatic carbocycles. The van der Waals surface area contributed by atoms with Crippen LogP contribution in [0.3, 0.4) is 0 Å². The van der Waals surface area contributed by atoms with E-state index >= 15 is 0 Å². The summed E-state index contributed by atoms with van der Waals surface area (Å²) in [7, 11) is 0. The standard InChI is InChI=1S/C19H23FN2/c1-14-11-15(2)13-16(12-14)19(22-9-7-21-8-10-22)17-5-3-4-6-18(17)20/h3-6,11-13,19,21H,7-10H2,1-2H3. The van der Waals surface area contributed by atoms with Crippen molar-refractivity contribution in [2.75, 3.05) is 26.2 Å². The van der Waals surface area contributed by atoms with Gasteiger partial charge in [-0.2, -0.15) is 0 Å². The Hall–Kier alpha value is -1.71. The van der Waals surface area contributed by atoms with Crippen molar-refractivity contribution in [1.82, 2.24) is 10.2 Å². The fourth-order valence-electron chi connectivity index (χ4n) is 3.39. The number of benzene rings is 2. The highest BCUT2D eigenvalue weighted by Gasteiger charge is 2.26. The smallest absolute Gasteiger partial charge is 0.128 e. The summed E-state index contributed by atoms with van der Waals surface area (Å²) in [6.07, 6.45) is 0. The Morgan fingerprint density at radius 1 is 1.00 bits per heavy atom. The van der Waals surface area contributed by atoms with Crippen LogP contribution in [0.2, 0.25) is 0 Å². The molecule has 22 heavy (non-hydrogen) atoms. The zero-order valence-corrected chi connectivity index (χ0v) is 13.3. The lowest BCUT2D eigenvalue weighted by molar-refractivity contribution is 0.195. The summed E-state index contributed by atoms with van der Waals surface area (Å²) in [5.41, 5.74) is 4.41. The van der Waals surface area contributed by atoms with Crippen molar-refractivity contribution < 1.29 is 4.39 Å². The first-order chi connectivity index (χ1) is 10.6. The minimum absolute atomic E-state index is 0.0121. The van der Waals surface area contributed by atoms with Crippen molar-refractivity contribution in [2.45, 2.75) is 19.9 Å². The monoisotopic (exact) mass is 298 g/mol. The second kappa shape index (κ2) is 6.59. The molecule has 0 radical (unpaired) electrons. The van der Waals surface area contributed by atoms with Gasteiger partial charge in [0.1, 0.15) is 5.82 Å². The van der Waals surface area contributed by atoms with Crippen LogP contribution in [0.5, 0.6) is 0 Å². The summed E-state index contributed by atoms with van der Waals surface area (Å²) in [4.78, 5) is 2.38. The van der Waals surface area contributed by atoms with E-state index in [1.54, 1.807) is 12.1 Å². The van der Waals surface area contributed by atoms with Gasteiger partial charge in [0.25, 0.3) is 0 Å². The zero-order valence-electron chi connectivity index (χ0n) is 13.3. The second-order valence-electron chi connectivity index (χ2n) is 6.13. The van der Waals surface area contributed by atoms with Gasteiger partial charge in [0.15, 0.2) is 0 Å². The normalized spacial score (nSPS) is 17.4. The van der Waals surface area contributed by atoms with Crippen LogP contribution in [0.15, 0.2) is 42.5 Å². The van der Waals surface area contributed by atoms with E-state index in [1.165, 1.54) is 16.7 Å². The van der Waals surface area contributed by atoms with E-state index in [0.717, 1.165) is 31.7 Å². The van der Waals surface area contributed by atoms with Gasteiger partial charge in [-0.15, -0.1) is 0 Å². The van der Waals surface area contributed by atoms with Crippen molar-refractivity contribution in [3.8, 4) is 0 Å². The molecule has 116 valence electrons. The maximum atomic E-state index is 14.4. The molecule has 0 spiro atoms. The third kappa shape index (κ3) is 3.21. The Kier molecular flexibility index (Phi) is 4.55. The van der Waals surface area contributed by atoms with E-state index in [9.17, 15) is 4.39 Å². The van der Waals surface area contributed by atoms with Gasteiger partial charge in [-0.25, -0.2) is 4.39 Å². The van der Waals surface area contributed by atoms with Crippen LogP contribution in [-0.2, 0) is 0 Å². The van der Waals surface area contributed by atoms with Crippen LogP contribution in [0, 0.1) is 19.7 Å². The summed E-state index contributed by atoms with van der Waals surface area (Å²) in [6.45, 7) is 7.99. The second-order valence-corrected chi connectivity index (χ2v) is 6.13. The topological polar surface area (TPSA) is 15.3 Å². The average Bonchev–Trinajstić information content (AvgIpc) is 2.50. The zero-order chi connectivity index (χ0) is 15.5. The van der Waals surface area contributed by atoms with Crippen molar-refractivity contribution in [3.05, 3.63) is 70.5 Å². The Bertz CT molecular complexity index is 627. The molecule has 2 nitrogen and oxygen atoms in total. The van der Waals surface area contributed by atoms with E-state index < -0.39 is 0 Å². The van der Waals surface area contributed by atoms with Gasteiger partial charge in [-0.05, 0) is 25.5 Å². The maximum Gasteiger partial charge on any atom is 0.128 e. The van der Waals surface area contributed by atoms with Gasteiger partial charge in [-0.1, -0.05) is 47.5 Å². The molecule has 2 aromatic carbocycles. The molecule has 2 aromatic rings. The number of halogens is 1. The highest BCUT2D eigenvalue weighted by molar-refractivity contribution is 5.37. The molecule has 1 aliphatic heterocycles. The number of piperazine rings is 1. The molecule has 0 aromatic heterocycles. The van der Waals surface area contributed by atoms with Gasteiger partial charge in [0, 0.05) is 31.7 Å². The van der Waals surface area contributed by atoms with Crippen molar-refractivity contribution >= 4 is 0 Å². The molecule has 1 heterocycles. The molecule has 1 unspecified atom stereocenters. The lowest BCUT2D eigenvalue weighted by Crippen LogP contribution is -2.45. The van der Waals surface area contributed by atoms with Crippen molar-refractivity contribution in [3.63, 3.8) is 0 Å². The third-order valence-electron chi connectivity index (χ3n) is 4.28. The van der Waals surface area contributed by atoms with Crippen LogP contribution in [0.1, 0.15) is 28.3 Å². The van der Waals surface area contributed by atoms with E-state index in [-0.39, 0.29) is 11.9 Å². The average molecular weight is 298 g/mol. The number of aryl methyl sites for hydroxylation is 2.